The highest BCUT2D eigenvalue weighted by Gasteiger charge is 2.10. The van der Waals surface area contributed by atoms with Gasteiger partial charge in [-0.25, -0.2) is 9.97 Å². The van der Waals surface area contributed by atoms with Gasteiger partial charge < -0.3 is 9.47 Å². The molecule has 21 heavy (non-hydrogen) atoms. The largest absolute Gasteiger partial charge is 0.352 e. The molecule has 0 atom stereocenters. The van der Waals surface area contributed by atoms with Gasteiger partial charge in [0.05, 0.1) is 23.1 Å². The number of hydrogen-bond acceptors (Lipinski definition) is 4. The van der Waals surface area contributed by atoms with Gasteiger partial charge in [-0.15, -0.1) is 0 Å². The maximum absolute atomic E-state index is 8.80. The molecular formula is C16H15N5. The number of aryl methyl sites for hydroxylation is 1. The van der Waals surface area contributed by atoms with E-state index in [1.54, 1.807) is 12.3 Å². The van der Waals surface area contributed by atoms with E-state index in [1.807, 2.05) is 43.3 Å². The third-order valence-corrected chi connectivity index (χ3v) is 3.53. The minimum atomic E-state index is 0.565. The molecule has 0 aliphatic heterocycles. The summed E-state index contributed by atoms with van der Waals surface area (Å²) >= 11 is 0. The lowest BCUT2D eigenvalue weighted by Crippen LogP contribution is -2.20. The summed E-state index contributed by atoms with van der Waals surface area (Å²) in [7, 11) is 3.98. The van der Waals surface area contributed by atoms with Crippen LogP contribution in [0.3, 0.4) is 0 Å². The van der Waals surface area contributed by atoms with Gasteiger partial charge in [0.2, 0.25) is 0 Å². The molecule has 5 heteroatoms. The molecule has 104 valence electrons. The third-order valence-electron chi connectivity index (χ3n) is 3.53. The average Bonchev–Trinajstić information content (AvgIpc) is 2.84. The van der Waals surface area contributed by atoms with E-state index in [-0.39, 0.29) is 0 Å². The average molecular weight is 277 g/mol. The topological polar surface area (TPSA) is 57.7 Å². The smallest absolute Gasteiger partial charge is 0.129 e. The number of para-hydroxylation sites is 2. The molecule has 0 unspecified atom stereocenters. The number of hydrogen-bond donors (Lipinski definition) is 0. The predicted octanol–water partition coefficient (Wildman–Crippen LogP) is 2.48. The van der Waals surface area contributed by atoms with Crippen molar-refractivity contribution in [2.45, 2.75) is 6.54 Å². The standard InChI is InChI=1S/C16H15N5/c1-20(15-8-7-12(9-17)10-18-15)11-16-19-13-5-3-4-6-14(13)21(16)2/h3-8,10H,11H2,1-2H3. The molecule has 0 spiro atoms. The van der Waals surface area contributed by atoms with Crippen LogP contribution in [0.2, 0.25) is 0 Å². The minimum Gasteiger partial charge on any atom is -0.352 e. The van der Waals surface area contributed by atoms with E-state index in [9.17, 15) is 0 Å². The molecule has 0 aliphatic carbocycles. The second-order valence-corrected chi connectivity index (χ2v) is 4.95. The fourth-order valence-electron chi connectivity index (χ4n) is 2.31. The molecule has 1 aromatic carbocycles. The van der Waals surface area contributed by atoms with Crippen molar-refractivity contribution in [1.82, 2.24) is 14.5 Å². The first-order valence-corrected chi connectivity index (χ1v) is 6.66. The lowest BCUT2D eigenvalue weighted by Gasteiger charge is -2.17. The van der Waals surface area contributed by atoms with Crippen LogP contribution >= 0.6 is 0 Å². The van der Waals surface area contributed by atoms with E-state index < -0.39 is 0 Å². The summed E-state index contributed by atoms with van der Waals surface area (Å²) in [6, 6.07) is 13.8. The molecule has 0 N–H and O–H groups in total. The van der Waals surface area contributed by atoms with E-state index in [0.29, 0.717) is 12.1 Å². The van der Waals surface area contributed by atoms with Crippen LogP contribution < -0.4 is 4.90 Å². The number of aromatic nitrogens is 3. The van der Waals surface area contributed by atoms with Crippen molar-refractivity contribution in [3.05, 3.63) is 54.0 Å². The van der Waals surface area contributed by atoms with Crippen molar-refractivity contribution in [2.75, 3.05) is 11.9 Å². The number of anilines is 1. The van der Waals surface area contributed by atoms with Gasteiger partial charge in [0.25, 0.3) is 0 Å². The van der Waals surface area contributed by atoms with Crippen LogP contribution in [0.4, 0.5) is 5.82 Å². The van der Waals surface area contributed by atoms with Crippen LogP contribution in [0.1, 0.15) is 11.4 Å². The van der Waals surface area contributed by atoms with Gasteiger partial charge in [-0.1, -0.05) is 12.1 Å². The molecule has 0 saturated heterocycles. The van der Waals surface area contributed by atoms with Gasteiger partial charge in [0, 0.05) is 20.3 Å². The minimum absolute atomic E-state index is 0.565. The van der Waals surface area contributed by atoms with Gasteiger partial charge in [0.1, 0.15) is 17.7 Å². The maximum Gasteiger partial charge on any atom is 0.129 e. The molecule has 2 heterocycles. The van der Waals surface area contributed by atoms with Crippen molar-refractivity contribution in [2.24, 2.45) is 7.05 Å². The van der Waals surface area contributed by atoms with Crippen molar-refractivity contribution in [3.8, 4) is 6.07 Å². The summed E-state index contributed by atoms with van der Waals surface area (Å²) < 4.78 is 2.09. The quantitative estimate of drug-likeness (QED) is 0.738. The van der Waals surface area contributed by atoms with Crippen molar-refractivity contribution >= 4 is 16.9 Å². The number of rotatable bonds is 3. The van der Waals surface area contributed by atoms with E-state index in [1.165, 1.54) is 0 Å². The Morgan fingerprint density at radius 2 is 2.05 bits per heavy atom. The summed E-state index contributed by atoms with van der Waals surface area (Å²) in [4.78, 5) is 11.0. The van der Waals surface area contributed by atoms with Gasteiger partial charge in [-0.2, -0.15) is 5.26 Å². The zero-order valence-corrected chi connectivity index (χ0v) is 12.0. The van der Waals surface area contributed by atoms with Crippen LogP contribution in [0.25, 0.3) is 11.0 Å². The van der Waals surface area contributed by atoms with Crippen molar-refractivity contribution in [1.29, 1.82) is 5.26 Å². The Labute approximate surface area is 123 Å². The van der Waals surface area contributed by atoms with Crippen LogP contribution in [0.15, 0.2) is 42.6 Å². The first-order chi connectivity index (χ1) is 10.2. The first-order valence-electron chi connectivity index (χ1n) is 6.66. The maximum atomic E-state index is 8.80. The fourth-order valence-corrected chi connectivity index (χ4v) is 2.31. The first kappa shape index (κ1) is 13.1. The highest BCUT2D eigenvalue weighted by Crippen LogP contribution is 2.17. The summed E-state index contributed by atoms with van der Waals surface area (Å²) in [5.41, 5.74) is 2.68. The van der Waals surface area contributed by atoms with Crippen LogP contribution in [-0.2, 0) is 13.6 Å². The highest BCUT2D eigenvalue weighted by atomic mass is 15.2. The SMILES string of the molecule is CN(Cc1nc2ccccc2n1C)c1ccc(C#N)cn1. The number of pyridine rings is 1. The molecule has 5 nitrogen and oxygen atoms in total. The molecule has 0 amide bonds. The van der Waals surface area contributed by atoms with Crippen LogP contribution in [0.5, 0.6) is 0 Å². The number of nitrogens with zero attached hydrogens (tertiary/aromatic N) is 5. The Hall–Kier alpha value is -2.87. The molecule has 0 bridgehead atoms. The Bertz CT molecular complexity index is 811. The number of imidazole rings is 1. The fraction of sp³-hybridized carbons (Fsp3) is 0.188. The van der Waals surface area contributed by atoms with Gasteiger partial charge in [0.15, 0.2) is 0 Å². The lowest BCUT2D eigenvalue weighted by atomic mass is 10.3. The van der Waals surface area contributed by atoms with Gasteiger partial charge >= 0.3 is 0 Å². The molecule has 3 aromatic rings. The summed E-state index contributed by atoms with van der Waals surface area (Å²) in [6.07, 6.45) is 1.58. The zero-order chi connectivity index (χ0) is 14.8. The second kappa shape index (κ2) is 5.25. The molecular weight excluding hydrogens is 262 g/mol. The highest BCUT2D eigenvalue weighted by molar-refractivity contribution is 5.75. The Morgan fingerprint density at radius 3 is 2.71 bits per heavy atom. The lowest BCUT2D eigenvalue weighted by molar-refractivity contribution is 0.768. The molecule has 0 fully saturated rings. The molecule has 3 rings (SSSR count). The number of nitriles is 1. The van der Waals surface area contributed by atoms with Crippen LogP contribution in [0, 0.1) is 11.3 Å². The van der Waals surface area contributed by atoms with Gasteiger partial charge in [-0.3, -0.25) is 0 Å². The van der Waals surface area contributed by atoms with E-state index in [0.717, 1.165) is 22.7 Å². The Balaban J connectivity index is 1.87. The van der Waals surface area contributed by atoms with Crippen molar-refractivity contribution < 1.29 is 0 Å². The van der Waals surface area contributed by atoms with Gasteiger partial charge in [-0.05, 0) is 24.3 Å². The number of fused-ring (bicyclic) bond motifs is 1. The molecule has 0 aliphatic rings. The molecule has 2 aromatic heterocycles. The summed E-state index contributed by atoms with van der Waals surface area (Å²) in [5.74, 6) is 1.80. The molecule has 0 saturated carbocycles. The van der Waals surface area contributed by atoms with E-state index in [2.05, 4.69) is 26.7 Å². The normalized spacial score (nSPS) is 10.5. The number of benzene rings is 1. The predicted molar refractivity (Wildman–Crippen MR) is 81.8 cm³/mol. The van der Waals surface area contributed by atoms with Crippen molar-refractivity contribution in [3.63, 3.8) is 0 Å². The summed E-state index contributed by atoms with van der Waals surface area (Å²) in [6.45, 7) is 0.657. The Morgan fingerprint density at radius 1 is 1.24 bits per heavy atom. The van der Waals surface area contributed by atoms with Crippen LogP contribution in [-0.4, -0.2) is 21.6 Å². The Kier molecular flexibility index (Phi) is 3.28. The van der Waals surface area contributed by atoms with E-state index >= 15 is 0 Å². The summed E-state index contributed by atoms with van der Waals surface area (Å²) in [5, 5.41) is 8.80. The monoisotopic (exact) mass is 277 g/mol. The van der Waals surface area contributed by atoms with E-state index in [4.69, 9.17) is 5.26 Å². The molecule has 0 radical (unpaired) electrons. The third kappa shape index (κ3) is 2.43. The second-order valence-electron chi connectivity index (χ2n) is 4.95. The zero-order valence-electron chi connectivity index (χ0n) is 12.0.